The molecule has 0 atom stereocenters. The van der Waals surface area contributed by atoms with Crippen molar-refractivity contribution in [2.75, 3.05) is 11.9 Å². The number of hydrogen-bond acceptors (Lipinski definition) is 7. The summed E-state index contributed by atoms with van der Waals surface area (Å²) in [4.78, 5) is 51.5. The first-order valence-corrected chi connectivity index (χ1v) is 15.4. The highest BCUT2D eigenvalue weighted by molar-refractivity contribution is 6.06. The van der Waals surface area contributed by atoms with Crippen LogP contribution in [0, 0.1) is 0 Å². The molecule has 2 fully saturated rings. The first-order chi connectivity index (χ1) is 21.8. The second-order valence-electron chi connectivity index (χ2n) is 11.7. The number of ether oxygens (including phenoxy) is 1. The molecule has 0 unspecified atom stereocenters. The average molecular weight is 609 g/mol. The molecule has 3 aromatic heterocycles. The molecule has 2 aliphatic rings. The summed E-state index contributed by atoms with van der Waals surface area (Å²) in [6.07, 6.45) is 14.0. The molecule has 0 saturated heterocycles. The Morgan fingerprint density at radius 1 is 1.11 bits per heavy atom. The fourth-order valence-electron chi connectivity index (χ4n) is 6.49. The van der Waals surface area contributed by atoms with Gasteiger partial charge in [0.25, 0.3) is 11.8 Å². The zero-order chi connectivity index (χ0) is 31.6. The SMILES string of the molecule is CCOc1nc(NC(=O)C2(NC(=O)c3ccc4c(C5CCCC5)c(-c5cnccn5)n(C)c4c3)CCC2)ccc1/C=C/C(=O)O. The van der Waals surface area contributed by atoms with Crippen molar-refractivity contribution in [3.05, 3.63) is 71.7 Å². The summed E-state index contributed by atoms with van der Waals surface area (Å²) in [5.41, 5.74) is 3.89. The minimum absolute atomic E-state index is 0.202. The number of carbonyl (C=O) groups is 3. The smallest absolute Gasteiger partial charge is 0.328 e. The molecule has 2 aliphatic carbocycles. The quantitative estimate of drug-likeness (QED) is 0.201. The maximum atomic E-state index is 13.7. The number of nitrogens with one attached hydrogen (secondary N) is 2. The fraction of sp³-hybridized carbons (Fsp3) is 0.353. The van der Waals surface area contributed by atoms with Crippen LogP contribution >= 0.6 is 0 Å². The van der Waals surface area contributed by atoms with E-state index in [0.29, 0.717) is 36.5 Å². The topological polar surface area (TPSA) is 148 Å². The van der Waals surface area contributed by atoms with E-state index < -0.39 is 11.5 Å². The van der Waals surface area contributed by atoms with Gasteiger partial charge in [-0.15, -0.1) is 0 Å². The molecule has 0 radical (unpaired) electrons. The molecule has 6 rings (SSSR count). The lowest BCUT2D eigenvalue weighted by molar-refractivity contribution is -0.131. The molecular weight excluding hydrogens is 572 g/mol. The highest BCUT2D eigenvalue weighted by Crippen LogP contribution is 2.44. The number of aromatic nitrogens is 4. The lowest BCUT2D eigenvalue weighted by atomic mass is 9.75. The van der Waals surface area contributed by atoms with Crippen LogP contribution in [-0.4, -0.2) is 54.6 Å². The first-order valence-electron chi connectivity index (χ1n) is 15.4. The highest BCUT2D eigenvalue weighted by atomic mass is 16.5. The number of pyridine rings is 1. The number of carboxylic acid groups (broad SMARTS) is 1. The molecule has 232 valence electrons. The van der Waals surface area contributed by atoms with Gasteiger partial charge in [-0.1, -0.05) is 18.9 Å². The van der Waals surface area contributed by atoms with Gasteiger partial charge in [0.2, 0.25) is 5.88 Å². The van der Waals surface area contributed by atoms with E-state index in [-0.39, 0.29) is 23.5 Å². The van der Waals surface area contributed by atoms with Crippen LogP contribution in [0.5, 0.6) is 5.88 Å². The summed E-state index contributed by atoms with van der Waals surface area (Å²) in [7, 11) is 2.00. The number of amides is 2. The van der Waals surface area contributed by atoms with Crippen LogP contribution in [0.15, 0.2) is 55.0 Å². The second kappa shape index (κ2) is 12.5. The number of aliphatic carboxylic acids is 1. The number of carboxylic acids is 1. The Labute approximate surface area is 260 Å². The fourth-order valence-corrected chi connectivity index (χ4v) is 6.49. The van der Waals surface area contributed by atoms with Crippen LogP contribution in [0.2, 0.25) is 0 Å². The number of aryl methyl sites for hydroxylation is 1. The molecule has 3 heterocycles. The summed E-state index contributed by atoms with van der Waals surface area (Å²) >= 11 is 0. The standard InChI is InChI=1S/C34H36N6O5/c1-3-45-32-22(11-14-28(41)42)10-13-27(37-32)38-33(44)34(15-6-16-34)39-31(43)23-9-12-24-26(19-23)40(2)30(25-20-35-17-18-36-25)29(24)21-7-4-5-8-21/h9-14,17-21H,3-8,15-16H2,1-2H3,(H,39,43)(H,41,42)(H,37,38,44)/b14-11+. The number of hydrogen-bond donors (Lipinski definition) is 3. The van der Waals surface area contributed by atoms with Gasteiger partial charge in [-0.2, -0.15) is 4.98 Å². The van der Waals surface area contributed by atoms with Gasteiger partial charge in [0.15, 0.2) is 0 Å². The lowest BCUT2D eigenvalue weighted by Gasteiger charge is -2.40. The van der Waals surface area contributed by atoms with Gasteiger partial charge in [0.1, 0.15) is 17.1 Å². The van der Waals surface area contributed by atoms with Crippen molar-refractivity contribution in [2.24, 2.45) is 7.05 Å². The Morgan fingerprint density at radius 3 is 2.58 bits per heavy atom. The molecule has 3 N–H and O–H groups in total. The van der Waals surface area contributed by atoms with Gasteiger partial charge in [-0.3, -0.25) is 19.6 Å². The van der Waals surface area contributed by atoms with Gasteiger partial charge in [-0.05, 0) is 80.9 Å². The average Bonchev–Trinajstić information content (AvgIpc) is 3.65. The molecule has 2 saturated carbocycles. The van der Waals surface area contributed by atoms with Crippen molar-refractivity contribution in [3.8, 4) is 17.3 Å². The van der Waals surface area contributed by atoms with Gasteiger partial charge in [0, 0.05) is 47.5 Å². The molecule has 2 amide bonds. The van der Waals surface area contributed by atoms with E-state index in [1.54, 1.807) is 37.6 Å². The monoisotopic (exact) mass is 608 g/mol. The van der Waals surface area contributed by atoms with Gasteiger partial charge >= 0.3 is 5.97 Å². The number of carbonyl (C=O) groups excluding carboxylic acids is 2. The number of benzene rings is 1. The van der Waals surface area contributed by atoms with Crippen LogP contribution in [0.3, 0.4) is 0 Å². The van der Waals surface area contributed by atoms with Gasteiger partial charge < -0.3 is 25.0 Å². The predicted molar refractivity (Wildman–Crippen MR) is 170 cm³/mol. The third-order valence-electron chi connectivity index (χ3n) is 8.88. The van der Waals surface area contributed by atoms with E-state index in [1.165, 1.54) is 24.5 Å². The molecule has 45 heavy (non-hydrogen) atoms. The van der Waals surface area contributed by atoms with E-state index in [0.717, 1.165) is 47.6 Å². The molecule has 1 aromatic carbocycles. The summed E-state index contributed by atoms with van der Waals surface area (Å²) in [5, 5.41) is 15.9. The summed E-state index contributed by atoms with van der Waals surface area (Å²) in [6, 6.07) is 8.96. The van der Waals surface area contributed by atoms with E-state index in [9.17, 15) is 14.4 Å². The van der Waals surface area contributed by atoms with E-state index in [4.69, 9.17) is 9.84 Å². The van der Waals surface area contributed by atoms with Gasteiger partial charge in [-0.25, -0.2) is 4.79 Å². The van der Waals surface area contributed by atoms with Crippen LogP contribution in [-0.2, 0) is 16.6 Å². The van der Waals surface area contributed by atoms with Crippen molar-refractivity contribution in [1.82, 2.24) is 24.8 Å². The molecule has 0 spiro atoms. The number of nitrogens with zero attached hydrogens (tertiary/aromatic N) is 4. The summed E-state index contributed by atoms with van der Waals surface area (Å²) in [6.45, 7) is 2.10. The van der Waals surface area contributed by atoms with E-state index in [2.05, 4.69) is 30.2 Å². The first kappa shape index (κ1) is 30.0. The predicted octanol–water partition coefficient (Wildman–Crippen LogP) is 5.48. The maximum Gasteiger partial charge on any atom is 0.328 e. The third kappa shape index (κ3) is 5.90. The Morgan fingerprint density at radius 2 is 1.91 bits per heavy atom. The second-order valence-corrected chi connectivity index (χ2v) is 11.7. The maximum absolute atomic E-state index is 13.7. The zero-order valence-corrected chi connectivity index (χ0v) is 25.4. The van der Waals surface area contributed by atoms with Crippen molar-refractivity contribution in [2.45, 2.75) is 63.3 Å². The number of rotatable bonds is 10. The molecule has 0 aliphatic heterocycles. The Bertz CT molecular complexity index is 1790. The lowest BCUT2D eigenvalue weighted by Crippen LogP contribution is -2.61. The Balaban J connectivity index is 1.26. The number of anilines is 1. The van der Waals surface area contributed by atoms with Crippen LogP contribution in [0.4, 0.5) is 5.82 Å². The Hall–Kier alpha value is -5.06. The molecular formula is C34H36N6O5. The Kier molecular flexibility index (Phi) is 8.34. The summed E-state index contributed by atoms with van der Waals surface area (Å²) < 4.78 is 7.67. The van der Waals surface area contributed by atoms with Crippen LogP contribution < -0.4 is 15.4 Å². The zero-order valence-electron chi connectivity index (χ0n) is 25.4. The third-order valence-corrected chi connectivity index (χ3v) is 8.88. The molecule has 11 nitrogen and oxygen atoms in total. The minimum atomic E-state index is -1.09. The van der Waals surface area contributed by atoms with Crippen molar-refractivity contribution >= 4 is 40.6 Å². The van der Waals surface area contributed by atoms with Crippen molar-refractivity contribution in [1.29, 1.82) is 0 Å². The highest BCUT2D eigenvalue weighted by Gasteiger charge is 2.46. The minimum Gasteiger partial charge on any atom is -0.478 e. The van der Waals surface area contributed by atoms with Crippen molar-refractivity contribution < 1.29 is 24.2 Å². The number of fused-ring (bicyclic) bond motifs is 1. The van der Waals surface area contributed by atoms with Gasteiger partial charge in [0.05, 0.1) is 18.5 Å². The van der Waals surface area contributed by atoms with E-state index in [1.807, 2.05) is 25.2 Å². The van der Waals surface area contributed by atoms with Crippen LogP contribution in [0.25, 0.3) is 28.4 Å². The summed E-state index contributed by atoms with van der Waals surface area (Å²) in [5.74, 6) is -0.908. The molecule has 11 heteroatoms. The largest absolute Gasteiger partial charge is 0.478 e. The van der Waals surface area contributed by atoms with E-state index >= 15 is 0 Å². The normalized spacial score (nSPS) is 16.0. The van der Waals surface area contributed by atoms with Crippen LogP contribution in [0.1, 0.15) is 79.3 Å². The molecule has 0 bridgehead atoms. The van der Waals surface area contributed by atoms with Crippen molar-refractivity contribution in [3.63, 3.8) is 0 Å². The molecule has 4 aromatic rings.